The lowest BCUT2D eigenvalue weighted by Crippen LogP contribution is -2.43. The zero-order valence-corrected chi connectivity index (χ0v) is 10.5. The van der Waals surface area contributed by atoms with E-state index in [0.29, 0.717) is 11.3 Å². The molecule has 1 saturated heterocycles. The second kappa shape index (κ2) is 3.62. The molecule has 1 aliphatic heterocycles. The first-order valence-corrected chi connectivity index (χ1v) is 6.04. The molecule has 1 heterocycles. The number of hydrogen-bond acceptors (Lipinski definition) is 3. The minimum Gasteiger partial charge on any atom is -0.444 e. The number of carbonyl (C=O) groups excluding carboxylic acids is 1. The van der Waals surface area contributed by atoms with Gasteiger partial charge in [0, 0.05) is 13.1 Å². The van der Waals surface area contributed by atoms with Gasteiger partial charge in [-0.1, -0.05) is 0 Å². The van der Waals surface area contributed by atoms with Crippen LogP contribution in [0.5, 0.6) is 0 Å². The van der Waals surface area contributed by atoms with Crippen LogP contribution in [0.2, 0.25) is 0 Å². The minimum atomic E-state index is -0.400. The summed E-state index contributed by atoms with van der Waals surface area (Å²) in [4.78, 5) is 13.7. The highest BCUT2D eigenvalue weighted by atomic mass is 16.6. The average Bonchev–Trinajstić information content (AvgIpc) is 2.88. The Labute approximate surface area is 97.1 Å². The number of ether oxygens (including phenoxy) is 1. The quantitative estimate of drug-likeness (QED) is 0.738. The van der Waals surface area contributed by atoms with Crippen molar-refractivity contribution in [2.24, 2.45) is 17.1 Å². The molecule has 4 nitrogen and oxygen atoms in total. The summed E-state index contributed by atoms with van der Waals surface area (Å²) in [5.41, 5.74) is 5.73. The minimum absolute atomic E-state index is 0.176. The van der Waals surface area contributed by atoms with E-state index < -0.39 is 5.60 Å². The maximum Gasteiger partial charge on any atom is 0.410 e. The van der Waals surface area contributed by atoms with Crippen molar-refractivity contribution >= 4 is 6.09 Å². The van der Waals surface area contributed by atoms with Crippen molar-refractivity contribution in [2.45, 2.75) is 39.2 Å². The van der Waals surface area contributed by atoms with Crippen LogP contribution in [-0.4, -0.2) is 36.2 Å². The number of rotatable bonds is 1. The molecule has 0 aromatic heterocycles. The van der Waals surface area contributed by atoms with Crippen molar-refractivity contribution in [3.63, 3.8) is 0 Å². The van der Waals surface area contributed by atoms with Crippen LogP contribution >= 0.6 is 0 Å². The van der Waals surface area contributed by atoms with Gasteiger partial charge in [-0.2, -0.15) is 0 Å². The van der Waals surface area contributed by atoms with E-state index in [1.807, 2.05) is 25.7 Å². The van der Waals surface area contributed by atoms with Crippen LogP contribution in [0.4, 0.5) is 4.79 Å². The van der Waals surface area contributed by atoms with E-state index in [4.69, 9.17) is 10.5 Å². The average molecular weight is 226 g/mol. The first-order chi connectivity index (χ1) is 7.36. The van der Waals surface area contributed by atoms with Gasteiger partial charge in [-0.15, -0.1) is 0 Å². The first kappa shape index (κ1) is 11.7. The van der Waals surface area contributed by atoms with Crippen LogP contribution < -0.4 is 5.73 Å². The molecule has 0 unspecified atom stereocenters. The maximum atomic E-state index is 11.8. The Morgan fingerprint density at radius 3 is 2.75 bits per heavy atom. The fourth-order valence-electron chi connectivity index (χ4n) is 2.56. The normalized spacial score (nSPS) is 33.2. The molecule has 1 saturated carbocycles. The van der Waals surface area contributed by atoms with Crippen LogP contribution in [0.3, 0.4) is 0 Å². The molecule has 2 aliphatic rings. The number of piperidine rings is 1. The van der Waals surface area contributed by atoms with Crippen molar-refractivity contribution in [1.82, 2.24) is 4.90 Å². The van der Waals surface area contributed by atoms with Crippen LogP contribution in [0.15, 0.2) is 0 Å². The molecule has 1 amide bonds. The molecule has 0 radical (unpaired) electrons. The van der Waals surface area contributed by atoms with Crippen LogP contribution in [-0.2, 0) is 4.74 Å². The van der Waals surface area contributed by atoms with Gasteiger partial charge in [0.25, 0.3) is 0 Å². The van der Waals surface area contributed by atoms with Gasteiger partial charge in [-0.3, -0.25) is 0 Å². The molecule has 16 heavy (non-hydrogen) atoms. The van der Waals surface area contributed by atoms with Crippen molar-refractivity contribution in [3.8, 4) is 0 Å². The van der Waals surface area contributed by atoms with Crippen molar-refractivity contribution in [1.29, 1.82) is 0 Å². The van der Waals surface area contributed by atoms with Crippen LogP contribution in [0, 0.1) is 11.3 Å². The molecule has 0 bridgehead atoms. The van der Waals surface area contributed by atoms with Gasteiger partial charge in [0.05, 0.1) is 0 Å². The molecule has 4 heteroatoms. The number of fused-ring (bicyclic) bond motifs is 1. The third-order valence-corrected chi connectivity index (χ3v) is 3.74. The van der Waals surface area contributed by atoms with Gasteiger partial charge in [-0.05, 0) is 51.5 Å². The van der Waals surface area contributed by atoms with E-state index in [1.165, 1.54) is 6.42 Å². The molecular weight excluding hydrogens is 204 g/mol. The Morgan fingerprint density at radius 2 is 2.25 bits per heavy atom. The number of likely N-dealkylation sites (tertiary alicyclic amines) is 1. The fraction of sp³-hybridized carbons (Fsp3) is 0.917. The van der Waals surface area contributed by atoms with Crippen LogP contribution in [0.25, 0.3) is 0 Å². The predicted octanol–water partition coefficient (Wildman–Crippen LogP) is 1.59. The van der Waals surface area contributed by atoms with Gasteiger partial charge in [0.15, 0.2) is 0 Å². The summed E-state index contributed by atoms with van der Waals surface area (Å²) in [6, 6.07) is 0. The molecule has 0 aromatic carbocycles. The molecule has 2 fully saturated rings. The van der Waals surface area contributed by atoms with E-state index in [9.17, 15) is 4.79 Å². The number of nitrogens with two attached hydrogens (primary N) is 1. The van der Waals surface area contributed by atoms with Crippen molar-refractivity contribution < 1.29 is 9.53 Å². The lowest BCUT2D eigenvalue weighted by molar-refractivity contribution is 0.0180. The van der Waals surface area contributed by atoms with E-state index in [2.05, 4.69) is 0 Å². The highest BCUT2D eigenvalue weighted by molar-refractivity contribution is 5.68. The summed E-state index contributed by atoms with van der Waals surface area (Å²) in [6.45, 7) is 8.08. The fourth-order valence-corrected chi connectivity index (χ4v) is 2.56. The molecule has 2 atom stereocenters. The Kier molecular flexibility index (Phi) is 2.65. The number of hydrogen-bond donors (Lipinski definition) is 1. The zero-order valence-electron chi connectivity index (χ0n) is 10.5. The van der Waals surface area contributed by atoms with E-state index in [0.717, 1.165) is 26.1 Å². The van der Waals surface area contributed by atoms with Gasteiger partial charge >= 0.3 is 6.09 Å². The molecular formula is C12H22N2O2. The maximum absolute atomic E-state index is 11.8. The standard InChI is InChI=1S/C12H22N2O2/c1-11(2,3)16-10(15)14-5-4-12(8-13)6-9(12)7-14/h9H,4-8,13H2,1-3H3/t9-,12+/m1/s1. The zero-order chi connectivity index (χ0) is 12.0. The molecule has 2 N–H and O–H groups in total. The second-order valence-electron chi connectivity index (χ2n) is 6.14. The molecule has 1 aliphatic carbocycles. The van der Waals surface area contributed by atoms with Gasteiger partial charge in [0.1, 0.15) is 5.60 Å². The van der Waals surface area contributed by atoms with Gasteiger partial charge in [-0.25, -0.2) is 4.79 Å². The number of amides is 1. The first-order valence-electron chi connectivity index (χ1n) is 6.04. The number of carbonyl (C=O) groups is 1. The largest absolute Gasteiger partial charge is 0.444 e. The SMILES string of the molecule is CC(C)(C)OC(=O)N1CC[C@@]2(CN)C[C@@H]2C1. The Balaban J connectivity index is 1.87. The summed E-state index contributed by atoms with van der Waals surface area (Å²) >= 11 is 0. The Hall–Kier alpha value is -0.770. The topological polar surface area (TPSA) is 55.6 Å². The summed E-state index contributed by atoms with van der Waals surface area (Å²) in [7, 11) is 0. The summed E-state index contributed by atoms with van der Waals surface area (Å²) < 4.78 is 5.37. The Morgan fingerprint density at radius 1 is 1.56 bits per heavy atom. The third-order valence-electron chi connectivity index (χ3n) is 3.74. The van der Waals surface area contributed by atoms with E-state index in [-0.39, 0.29) is 6.09 Å². The monoisotopic (exact) mass is 226 g/mol. The van der Waals surface area contributed by atoms with Crippen LogP contribution in [0.1, 0.15) is 33.6 Å². The van der Waals surface area contributed by atoms with E-state index in [1.54, 1.807) is 0 Å². The number of nitrogens with zero attached hydrogens (tertiary/aromatic N) is 1. The van der Waals surface area contributed by atoms with Crippen molar-refractivity contribution in [2.75, 3.05) is 19.6 Å². The highest BCUT2D eigenvalue weighted by Crippen LogP contribution is 2.57. The van der Waals surface area contributed by atoms with Gasteiger partial charge in [0.2, 0.25) is 0 Å². The lowest BCUT2D eigenvalue weighted by atomic mass is 9.96. The van der Waals surface area contributed by atoms with Gasteiger partial charge < -0.3 is 15.4 Å². The predicted molar refractivity (Wildman–Crippen MR) is 62.0 cm³/mol. The summed E-state index contributed by atoms with van der Waals surface area (Å²) in [5.74, 6) is 0.610. The third kappa shape index (κ3) is 2.17. The van der Waals surface area contributed by atoms with E-state index >= 15 is 0 Å². The molecule has 92 valence electrons. The molecule has 0 aromatic rings. The summed E-state index contributed by atoms with van der Waals surface area (Å²) in [5, 5.41) is 0. The summed E-state index contributed by atoms with van der Waals surface area (Å²) in [6.07, 6.45) is 2.04. The highest BCUT2D eigenvalue weighted by Gasteiger charge is 2.56. The molecule has 0 spiro atoms. The lowest BCUT2D eigenvalue weighted by Gasteiger charge is -2.32. The van der Waals surface area contributed by atoms with Crippen molar-refractivity contribution in [3.05, 3.63) is 0 Å². The Bertz CT molecular complexity index is 298. The smallest absolute Gasteiger partial charge is 0.410 e. The second-order valence-corrected chi connectivity index (χ2v) is 6.14. The molecule has 2 rings (SSSR count).